The molecule has 0 aliphatic rings. The zero-order chi connectivity index (χ0) is 26.2. The normalized spacial score (nSPS) is 12.4. The fourth-order valence-electron chi connectivity index (χ4n) is 4.11. The van der Waals surface area contributed by atoms with E-state index in [9.17, 15) is 9.50 Å². The van der Waals surface area contributed by atoms with Crippen molar-refractivity contribution in [3.8, 4) is 22.9 Å². The average molecular weight is 508 g/mol. The number of aliphatic hydroxyl groups excluding tert-OH is 1. The Morgan fingerprint density at radius 2 is 1.84 bits per heavy atom. The van der Waals surface area contributed by atoms with E-state index < -0.39 is 6.10 Å². The summed E-state index contributed by atoms with van der Waals surface area (Å²) >= 11 is 0. The molecule has 2 aromatic carbocycles. The van der Waals surface area contributed by atoms with Crippen molar-refractivity contribution in [3.05, 3.63) is 90.1 Å². The van der Waals surface area contributed by atoms with Gasteiger partial charge in [-0.1, -0.05) is 50.2 Å². The van der Waals surface area contributed by atoms with Crippen molar-refractivity contribution in [2.75, 3.05) is 19.8 Å². The quantitative estimate of drug-likeness (QED) is 0.252. The van der Waals surface area contributed by atoms with Crippen LogP contribution in [-0.4, -0.2) is 45.6 Å². The monoisotopic (exact) mass is 507 g/mol. The SMILES string of the molecule is CC(C)COC[C@@H](O)CN(Cc1ccco1)Cc1c(-c2ccccc2)nn(C)c1Oc1cccc(F)c1. The van der Waals surface area contributed by atoms with Gasteiger partial charge in [-0.15, -0.1) is 0 Å². The van der Waals surface area contributed by atoms with E-state index in [0.717, 1.165) is 22.6 Å². The van der Waals surface area contributed by atoms with Gasteiger partial charge in [-0.3, -0.25) is 4.90 Å². The Balaban J connectivity index is 1.66. The Morgan fingerprint density at radius 1 is 1.03 bits per heavy atom. The number of furan rings is 1. The van der Waals surface area contributed by atoms with Crippen LogP contribution in [0.15, 0.2) is 77.4 Å². The lowest BCUT2D eigenvalue weighted by atomic mass is 10.1. The smallest absolute Gasteiger partial charge is 0.222 e. The molecule has 0 unspecified atom stereocenters. The third-order valence-electron chi connectivity index (χ3n) is 5.72. The summed E-state index contributed by atoms with van der Waals surface area (Å²) in [6, 6.07) is 19.6. The molecule has 8 heteroatoms. The van der Waals surface area contributed by atoms with Crippen molar-refractivity contribution < 1.29 is 23.4 Å². The van der Waals surface area contributed by atoms with E-state index in [1.807, 2.05) is 42.5 Å². The van der Waals surface area contributed by atoms with Crippen LogP contribution in [0.3, 0.4) is 0 Å². The van der Waals surface area contributed by atoms with E-state index in [0.29, 0.717) is 43.8 Å². The van der Waals surface area contributed by atoms with Crippen LogP contribution in [0.2, 0.25) is 0 Å². The number of hydrogen-bond acceptors (Lipinski definition) is 6. The summed E-state index contributed by atoms with van der Waals surface area (Å²) in [5.74, 6) is 1.65. The molecule has 0 saturated heterocycles. The number of aliphatic hydroxyl groups is 1. The van der Waals surface area contributed by atoms with Crippen LogP contribution in [0.4, 0.5) is 4.39 Å². The van der Waals surface area contributed by atoms with Gasteiger partial charge in [0.2, 0.25) is 5.88 Å². The lowest BCUT2D eigenvalue weighted by Gasteiger charge is -2.25. The van der Waals surface area contributed by atoms with Crippen LogP contribution >= 0.6 is 0 Å². The van der Waals surface area contributed by atoms with Crippen molar-refractivity contribution in [1.82, 2.24) is 14.7 Å². The molecular formula is C29H34FN3O4. The lowest BCUT2D eigenvalue weighted by molar-refractivity contribution is 0.00453. The second-order valence-electron chi connectivity index (χ2n) is 9.52. The summed E-state index contributed by atoms with van der Waals surface area (Å²) in [4.78, 5) is 2.07. The molecule has 0 saturated carbocycles. The van der Waals surface area contributed by atoms with E-state index in [4.69, 9.17) is 19.0 Å². The van der Waals surface area contributed by atoms with Crippen LogP contribution in [-0.2, 0) is 24.9 Å². The number of halogens is 1. The molecule has 0 spiro atoms. The summed E-state index contributed by atoms with van der Waals surface area (Å²) in [6.07, 6.45) is 0.936. The molecule has 1 N–H and O–H groups in total. The Kier molecular flexibility index (Phi) is 9.11. The van der Waals surface area contributed by atoms with Crippen molar-refractivity contribution in [3.63, 3.8) is 0 Å². The Bertz CT molecular complexity index is 1240. The Hall–Kier alpha value is -3.46. The second-order valence-corrected chi connectivity index (χ2v) is 9.52. The largest absolute Gasteiger partial charge is 0.468 e. The van der Waals surface area contributed by atoms with Gasteiger partial charge in [0, 0.05) is 38.4 Å². The number of rotatable bonds is 13. The third kappa shape index (κ3) is 7.52. The molecule has 37 heavy (non-hydrogen) atoms. The zero-order valence-corrected chi connectivity index (χ0v) is 21.5. The number of aromatic nitrogens is 2. The van der Waals surface area contributed by atoms with Crippen LogP contribution in [0.25, 0.3) is 11.3 Å². The molecule has 7 nitrogen and oxygen atoms in total. The van der Waals surface area contributed by atoms with Gasteiger partial charge in [-0.05, 0) is 30.2 Å². The van der Waals surface area contributed by atoms with E-state index in [1.54, 1.807) is 30.1 Å². The van der Waals surface area contributed by atoms with E-state index in [2.05, 4.69) is 18.7 Å². The van der Waals surface area contributed by atoms with Gasteiger partial charge in [0.25, 0.3) is 0 Å². The van der Waals surface area contributed by atoms with Gasteiger partial charge in [-0.25, -0.2) is 9.07 Å². The second kappa shape index (κ2) is 12.7. The number of aryl methyl sites for hydroxylation is 1. The minimum Gasteiger partial charge on any atom is -0.468 e. The maximum Gasteiger partial charge on any atom is 0.222 e. The van der Waals surface area contributed by atoms with Crippen LogP contribution in [0, 0.1) is 11.7 Å². The molecule has 0 aliphatic carbocycles. The van der Waals surface area contributed by atoms with Gasteiger partial charge in [0.1, 0.15) is 23.0 Å². The molecule has 196 valence electrons. The van der Waals surface area contributed by atoms with Gasteiger partial charge in [-0.2, -0.15) is 5.10 Å². The zero-order valence-electron chi connectivity index (χ0n) is 21.5. The first-order chi connectivity index (χ1) is 17.9. The summed E-state index contributed by atoms with van der Waals surface area (Å²) in [7, 11) is 1.80. The molecule has 2 heterocycles. The summed E-state index contributed by atoms with van der Waals surface area (Å²) in [5, 5.41) is 15.5. The molecule has 0 fully saturated rings. The van der Waals surface area contributed by atoms with Crippen molar-refractivity contribution >= 4 is 0 Å². The van der Waals surface area contributed by atoms with Crippen molar-refractivity contribution in [2.24, 2.45) is 13.0 Å². The number of nitrogens with zero attached hydrogens (tertiary/aromatic N) is 3. The van der Waals surface area contributed by atoms with E-state index in [-0.39, 0.29) is 12.4 Å². The van der Waals surface area contributed by atoms with E-state index >= 15 is 0 Å². The predicted molar refractivity (Wildman–Crippen MR) is 140 cm³/mol. The molecule has 1 atom stereocenters. The van der Waals surface area contributed by atoms with Crippen molar-refractivity contribution in [2.45, 2.75) is 33.0 Å². The molecule has 4 rings (SSSR count). The molecular weight excluding hydrogens is 473 g/mol. The highest BCUT2D eigenvalue weighted by Gasteiger charge is 2.24. The van der Waals surface area contributed by atoms with Gasteiger partial charge >= 0.3 is 0 Å². The van der Waals surface area contributed by atoms with Crippen LogP contribution < -0.4 is 4.74 Å². The van der Waals surface area contributed by atoms with Gasteiger partial charge < -0.3 is 19.0 Å². The maximum absolute atomic E-state index is 13.9. The Labute approximate surface area is 217 Å². The Morgan fingerprint density at radius 3 is 2.54 bits per heavy atom. The molecule has 2 aromatic heterocycles. The van der Waals surface area contributed by atoms with Gasteiger partial charge in [0.15, 0.2) is 0 Å². The lowest BCUT2D eigenvalue weighted by Crippen LogP contribution is -2.34. The first-order valence-electron chi connectivity index (χ1n) is 12.4. The molecule has 0 aliphatic heterocycles. The molecule has 0 bridgehead atoms. The van der Waals surface area contributed by atoms with Crippen LogP contribution in [0.5, 0.6) is 11.6 Å². The number of benzene rings is 2. The highest BCUT2D eigenvalue weighted by molar-refractivity contribution is 5.65. The summed E-state index contributed by atoms with van der Waals surface area (Å²) in [6.45, 7) is 6.19. The molecule has 4 aromatic rings. The third-order valence-corrected chi connectivity index (χ3v) is 5.72. The number of hydrogen-bond donors (Lipinski definition) is 1. The van der Waals surface area contributed by atoms with Crippen LogP contribution in [0.1, 0.15) is 25.2 Å². The maximum atomic E-state index is 13.9. The summed E-state index contributed by atoms with van der Waals surface area (Å²) < 4.78 is 33.0. The minimum absolute atomic E-state index is 0.234. The fraction of sp³-hybridized carbons (Fsp3) is 0.345. The highest BCUT2D eigenvalue weighted by Crippen LogP contribution is 2.34. The standard InChI is InChI=1S/C29H34FN3O4/c1-21(2)19-35-20-24(34)16-33(17-26-13-8-14-36-26)18-27-28(22-9-5-4-6-10-22)31-32(3)29(27)37-25-12-7-11-23(30)15-25/h4-15,21,24,34H,16-20H2,1-3H3/t24-/m0/s1. The van der Waals surface area contributed by atoms with Gasteiger partial charge in [0.05, 0.1) is 31.1 Å². The first kappa shape index (κ1) is 26.6. The summed E-state index contributed by atoms with van der Waals surface area (Å²) in [5.41, 5.74) is 2.50. The predicted octanol–water partition coefficient (Wildman–Crippen LogP) is 5.65. The fourth-order valence-corrected chi connectivity index (χ4v) is 4.11. The van der Waals surface area contributed by atoms with E-state index in [1.165, 1.54) is 12.1 Å². The van der Waals surface area contributed by atoms with Crippen molar-refractivity contribution in [1.29, 1.82) is 0 Å². The minimum atomic E-state index is -0.696. The first-order valence-corrected chi connectivity index (χ1v) is 12.4. The average Bonchev–Trinajstić information content (AvgIpc) is 3.48. The molecule has 0 amide bonds. The molecule has 0 radical (unpaired) electrons. The number of ether oxygens (including phenoxy) is 2. The topological polar surface area (TPSA) is 72.9 Å². The highest BCUT2D eigenvalue weighted by atomic mass is 19.1.